The molecule has 3 aromatic rings. The standard InChI is InChI=1S/C41H50F2N8O5/c1-3-29-31(43)10-9-26-18-28(56-39(54)51-16-5-4-8-25(51)2)19-33(34(26)29)48-17-11-30-32(22-48)44-38(55-24-40-12-6-15-50(40)21-27(42)20-40)45-35(30)49-14-7-13-41(23-49)36(52)46-37(53)47-41/h9-10,18-19,25,27H,3-8,11-17,20-24H2,1-2H3,(H2,46,47,52,53)/t25-,27-,40+,41-/m1/s1. The van der Waals surface area contributed by atoms with Gasteiger partial charge in [-0.1, -0.05) is 13.0 Å². The summed E-state index contributed by atoms with van der Waals surface area (Å²) in [4.78, 5) is 57.0. The number of nitrogens with zero attached hydrogens (tertiary/aromatic N) is 6. The molecule has 6 aliphatic heterocycles. The van der Waals surface area contributed by atoms with Gasteiger partial charge in [-0.15, -0.1) is 0 Å². The topological polar surface area (TPSA) is 132 Å². The Morgan fingerprint density at radius 1 is 1.04 bits per heavy atom. The molecule has 0 unspecified atom stereocenters. The van der Waals surface area contributed by atoms with E-state index in [1.54, 1.807) is 11.0 Å². The number of carbonyl (C=O) groups is 3. The molecule has 0 aliphatic carbocycles. The van der Waals surface area contributed by atoms with Gasteiger partial charge in [0.25, 0.3) is 5.91 Å². The van der Waals surface area contributed by atoms with Crippen LogP contribution in [0.4, 0.5) is 29.9 Å². The van der Waals surface area contributed by atoms with E-state index in [2.05, 4.69) is 20.4 Å². The molecule has 0 bridgehead atoms. The predicted molar refractivity (Wildman–Crippen MR) is 206 cm³/mol. The Bertz CT molecular complexity index is 2090. The molecule has 13 nitrogen and oxygen atoms in total. The highest BCUT2D eigenvalue weighted by Gasteiger charge is 2.51. The summed E-state index contributed by atoms with van der Waals surface area (Å²) in [5.74, 6) is 0.398. The largest absolute Gasteiger partial charge is 0.461 e. The third kappa shape index (κ3) is 6.45. The van der Waals surface area contributed by atoms with Gasteiger partial charge >= 0.3 is 18.1 Å². The summed E-state index contributed by atoms with van der Waals surface area (Å²) < 4.78 is 42.7. The Morgan fingerprint density at radius 2 is 1.89 bits per heavy atom. The van der Waals surface area contributed by atoms with E-state index in [0.717, 1.165) is 66.4 Å². The molecule has 0 radical (unpaired) electrons. The van der Waals surface area contributed by atoms with Crippen LogP contribution in [0.2, 0.25) is 0 Å². The zero-order valence-electron chi connectivity index (χ0n) is 32.2. The number of piperidine rings is 2. The number of benzene rings is 2. The van der Waals surface area contributed by atoms with Crippen LogP contribution in [0.15, 0.2) is 24.3 Å². The van der Waals surface area contributed by atoms with Crippen LogP contribution in [0, 0.1) is 5.82 Å². The molecule has 2 aromatic carbocycles. The number of alkyl halides is 1. The van der Waals surface area contributed by atoms with Crippen molar-refractivity contribution >= 4 is 40.3 Å². The van der Waals surface area contributed by atoms with Crippen LogP contribution < -0.4 is 29.9 Å². The first-order chi connectivity index (χ1) is 27.0. The van der Waals surface area contributed by atoms with Crippen LogP contribution in [-0.4, -0.2) is 107 Å². The zero-order valence-corrected chi connectivity index (χ0v) is 32.2. The first kappa shape index (κ1) is 36.8. The molecule has 7 heterocycles. The summed E-state index contributed by atoms with van der Waals surface area (Å²) in [5.41, 5.74) is 1.48. The number of likely N-dealkylation sites (tertiary alicyclic amines) is 1. The molecule has 5 fully saturated rings. The summed E-state index contributed by atoms with van der Waals surface area (Å²) >= 11 is 0. The van der Waals surface area contributed by atoms with Gasteiger partial charge in [0.2, 0.25) is 0 Å². The van der Waals surface area contributed by atoms with E-state index in [1.807, 2.05) is 30.9 Å². The van der Waals surface area contributed by atoms with Crippen molar-refractivity contribution in [2.24, 2.45) is 0 Å². The predicted octanol–water partition coefficient (Wildman–Crippen LogP) is 5.40. The number of carbonyl (C=O) groups excluding carboxylic acids is 3. The number of aromatic nitrogens is 2. The van der Waals surface area contributed by atoms with Gasteiger partial charge < -0.3 is 29.5 Å². The van der Waals surface area contributed by atoms with Gasteiger partial charge in [0, 0.05) is 61.3 Å². The molecule has 0 saturated carbocycles. The van der Waals surface area contributed by atoms with Gasteiger partial charge in [0.1, 0.15) is 35.7 Å². The SMILES string of the molecule is CCc1c(F)ccc2cc(OC(=O)N3CCCC[C@H]3C)cc(N3CCc4c(nc(OC[C@@]56CCCN5C[C@H](F)C6)nc4N4CCC[C@]5(C4)NC(=O)NC5=O)C3)c12. The third-order valence-electron chi connectivity index (χ3n) is 13.1. The van der Waals surface area contributed by atoms with Crippen molar-refractivity contribution in [3.63, 3.8) is 0 Å². The molecule has 6 aliphatic rings. The van der Waals surface area contributed by atoms with Crippen molar-refractivity contribution in [2.45, 2.75) is 108 Å². The van der Waals surface area contributed by atoms with Crippen molar-refractivity contribution in [3.8, 4) is 11.8 Å². The molecule has 9 rings (SSSR count). The highest BCUT2D eigenvalue weighted by atomic mass is 19.1. The number of ether oxygens (including phenoxy) is 2. The van der Waals surface area contributed by atoms with Crippen LogP contribution in [0.3, 0.4) is 0 Å². The van der Waals surface area contributed by atoms with Crippen molar-refractivity contribution in [1.82, 2.24) is 30.4 Å². The molecule has 15 heteroatoms. The molecule has 2 N–H and O–H groups in total. The number of rotatable bonds is 7. The Kier molecular flexibility index (Phi) is 9.40. The number of hydrogen-bond acceptors (Lipinski definition) is 10. The number of aryl methyl sites for hydroxylation is 1. The molecule has 4 atom stereocenters. The second-order valence-corrected chi connectivity index (χ2v) is 16.6. The molecule has 298 valence electrons. The third-order valence-corrected chi connectivity index (χ3v) is 13.1. The summed E-state index contributed by atoms with van der Waals surface area (Å²) in [7, 11) is 0. The lowest BCUT2D eigenvalue weighted by Crippen LogP contribution is -2.59. The fraction of sp³-hybridized carbons (Fsp3) is 0.585. The Labute approximate surface area is 325 Å². The molecular formula is C41H50F2N8O5. The number of urea groups is 1. The summed E-state index contributed by atoms with van der Waals surface area (Å²) in [6, 6.07) is 6.61. The second kappa shape index (κ2) is 14.3. The zero-order chi connectivity index (χ0) is 38.8. The number of hydrogen-bond donors (Lipinski definition) is 2. The van der Waals surface area contributed by atoms with E-state index in [9.17, 15) is 18.8 Å². The lowest BCUT2D eigenvalue weighted by Gasteiger charge is -2.40. The lowest BCUT2D eigenvalue weighted by atomic mass is 9.88. The minimum absolute atomic E-state index is 0.0818. The first-order valence-electron chi connectivity index (χ1n) is 20.3. The average Bonchev–Trinajstić information content (AvgIpc) is 3.81. The molecule has 1 aromatic heterocycles. The Balaban J connectivity index is 1.08. The van der Waals surface area contributed by atoms with Gasteiger partial charge in [-0.3, -0.25) is 15.0 Å². The van der Waals surface area contributed by atoms with Crippen molar-refractivity contribution < 1.29 is 32.6 Å². The number of halogens is 2. The number of amides is 4. The molecule has 1 spiro atoms. The quantitative estimate of drug-likeness (QED) is 0.301. The van der Waals surface area contributed by atoms with E-state index in [0.29, 0.717) is 82.0 Å². The summed E-state index contributed by atoms with van der Waals surface area (Å²) in [6.45, 7) is 7.82. The van der Waals surface area contributed by atoms with Gasteiger partial charge in [0.15, 0.2) is 0 Å². The maximum atomic E-state index is 15.5. The van der Waals surface area contributed by atoms with Gasteiger partial charge in [-0.2, -0.15) is 9.97 Å². The van der Waals surface area contributed by atoms with Crippen LogP contribution in [-0.2, 0) is 24.2 Å². The molecule has 56 heavy (non-hydrogen) atoms. The average molecular weight is 773 g/mol. The van der Waals surface area contributed by atoms with Gasteiger partial charge in [-0.25, -0.2) is 18.4 Å². The minimum atomic E-state index is -1.07. The van der Waals surface area contributed by atoms with Gasteiger partial charge in [-0.05, 0) is 94.3 Å². The smallest absolute Gasteiger partial charge is 0.415 e. The van der Waals surface area contributed by atoms with Crippen LogP contribution in [0.25, 0.3) is 10.8 Å². The van der Waals surface area contributed by atoms with Crippen LogP contribution >= 0.6 is 0 Å². The van der Waals surface area contributed by atoms with E-state index < -0.39 is 29.4 Å². The van der Waals surface area contributed by atoms with Crippen molar-refractivity contribution in [1.29, 1.82) is 0 Å². The highest BCUT2D eigenvalue weighted by Crippen LogP contribution is 2.42. The number of imide groups is 1. The number of anilines is 2. The maximum Gasteiger partial charge on any atom is 0.415 e. The van der Waals surface area contributed by atoms with Crippen LogP contribution in [0.5, 0.6) is 11.8 Å². The van der Waals surface area contributed by atoms with Crippen LogP contribution in [0.1, 0.15) is 82.0 Å². The van der Waals surface area contributed by atoms with Crippen molar-refractivity contribution in [2.75, 3.05) is 55.7 Å². The Morgan fingerprint density at radius 3 is 2.70 bits per heavy atom. The van der Waals surface area contributed by atoms with Crippen molar-refractivity contribution in [3.05, 3.63) is 46.9 Å². The highest BCUT2D eigenvalue weighted by molar-refractivity contribution is 6.07. The number of nitrogens with one attached hydrogen (secondary N) is 2. The fourth-order valence-electron chi connectivity index (χ4n) is 10.3. The van der Waals surface area contributed by atoms with E-state index >= 15 is 4.39 Å². The minimum Gasteiger partial charge on any atom is -0.461 e. The summed E-state index contributed by atoms with van der Waals surface area (Å²) in [6.07, 6.45) is 6.02. The summed E-state index contributed by atoms with van der Waals surface area (Å²) in [5, 5.41) is 6.81. The van der Waals surface area contributed by atoms with E-state index in [1.165, 1.54) is 6.07 Å². The Hall–Kier alpha value is -4.79. The second-order valence-electron chi connectivity index (χ2n) is 16.6. The molecular weight excluding hydrogens is 722 g/mol. The normalized spacial score (nSPS) is 27.8. The monoisotopic (exact) mass is 772 g/mol. The van der Waals surface area contributed by atoms with E-state index in [-0.39, 0.29) is 36.9 Å². The maximum absolute atomic E-state index is 15.5. The molecule has 4 amide bonds. The fourth-order valence-corrected chi connectivity index (χ4v) is 10.3. The van der Waals surface area contributed by atoms with E-state index in [4.69, 9.17) is 19.4 Å². The van der Waals surface area contributed by atoms with Gasteiger partial charge in [0.05, 0.1) is 24.3 Å². The first-order valence-corrected chi connectivity index (χ1v) is 20.3. The number of fused-ring (bicyclic) bond motifs is 3. The lowest BCUT2D eigenvalue weighted by molar-refractivity contribution is -0.124. The molecule has 5 saturated heterocycles.